The molecule has 7 nitrogen and oxygen atoms in total. The summed E-state index contributed by atoms with van der Waals surface area (Å²) in [5.74, 6) is 1.12. The molecule has 0 unspecified atom stereocenters. The molecule has 35 heavy (non-hydrogen) atoms. The van der Waals surface area contributed by atoms with Gasteiger partial charge in [-0.25, -0.2) is 4.98 Å². The van der Waals surface area contributed by atoms with Crippen LogP contribution >= 0.6 is 46.3 Å². The summed E-state index contributed by atoms with van der Waals surface area (Å²) in [6.07, 6.45) is 0. The Kier molecular flexibility index (Phi) is 8.33. The van der Waals surface area contributed by atoms with E-state index in [0.29, 0.717) is 38.5 Å². The van der Waals surface area contributed by atoms with Crippen molar-refractivity contribution in [1.29, 1.82) is 0 Å². The Morgan fingerprint density at radius 3 is 2.74 bits per heavy atom. The van der Waals surface area contributed by atoms with Crippen LogP contribution in [0.15, 0.2) is 46.9 Å². The van der Waals surface area contributed by atoms with E-state index in [4.69, 9.17) is 27.9 Å². The average molecular weight is 549 g/mol. The van der Waals surface area contributed by atoms with Gasteiger partial charge in [0.05, 0.1) is 16.5 Å². The van der Waals surface area contributed by atoms with Crippen molar-refractivity contribution in [3.63, 3.8) is 0 Å². The molecular weight excluding hydrogens is 525 g/mol. The maximum Gasteiger partial charge on any atom is 0.236 e. The van der Waals surface area contributed by atoms with E-state index < -0.39 is 0 Å². The highest BCUT2D eigenvalue weighted by Gasteiger charge is 2.15. The summed E-state index contributed by atoms with van der Waals surface area (Å²) in [7, 11) is 0. The molecular formula is C24H23Cl2N5O2S2. The van der Waals surface area contributed by atoms with Crippen molar-refractivity contribution >= 4 is 57.3 Å². The molecule has 4 rings (SSSR count). The molecule has 0 saturated carbocycles. The van der Waals surface area contributed by atoms with Gasteiger partial charge in [-0.15, -0.1) is 21.5 Å². The minimum absolute atomic E-state index is 0.162. The molecule has 11 heteroatoms. The van der Waals surface area contributed by atoms with Crippen molar-refractivity contribution < 1.29 is 9.53 Å². The highest BCUT2D eigenvalue weighted by molar-refractivity contribution is 7.99. The monoisotopic (exact) mass is 547 g/mol. The van der Waals surface area contributed by atoms with Crippen LogP contribution in [-0.4, -0.2) is 31.4 Å². The van der Waals surface area contributed by atoms with Crippen LogP contribution in [0.2, 0.25) is 10.0 Å². The number of nitrogens with zero attached hydrogens (tertiary/aromatic N) is 4. The quantitative estimate of drug-likeness (QED) is 0.236. The second-order valence-electron chi connectivity index (χ2n) is 7.68. The third-order valence-electron chi connectivity index (χ3n) is 5.25. The number of hydrogen-bond donors (Lipinski definition) is 1. The van der Waals surface area contributed by atoms with Gasteiger partial charge in [-0.3, -0.25) is 4.79 Å². The SMILES string of the molecule is CCn1c(COc2cc(Cl)ccc2Cl)nnc1SCC(=O)Nc1nc(-c2ccc(C)c(C)c2)cs1. The molecule has 0 atom stereocenters. The third kappa shape index (κ3) is 6.35. The Morgan fingerprint density at radius 2 is 1.97 bits per heavy atom. The molecule has 0 spiro atoms. The fourth-order valence-electron chi connectivity index (χ4n) is 3.23. The molecule has 0 saturated heterocycles. The van der Waals surface area contributed by atoms with Crippen LogP contribution in [0, 0.1) is 13.8 Å². The lowest BCUT2D eigenvalue weighted by atomic mass is 10.1. The molecule has 0 aliphatic carbocycles. The largest absolute Gasteiger partial charge is 0.484 e. The molecule has 2 aromatic carbocycles. The normalized spacial score (nSPS) is 11.0. The first-order valence-electron chi connectivity index (χ1n) is 10.8. The lowest BCUT2D eigenvalue weighted by Gasteiger charge is -2.10. The summed E-state index contributed by atoms with van der Waals surface area (Å²) in [5.41, 5.74) is 4.32. The van der Waals surface area contributed by atoms with Gasteiger partial charge in [0.15, 0.2) is 16.1 Å². The number of thioether (sulfide) groups is 1. The average Bonchev–Trinajstić information content (AvgIpc) is 3.46. The van der Waals surface area contributed by atoms with Gasteiger partial charge in [0, 0.05) is 28.6 Å². The van der Waals surface area contributed by atoms with E-state index in [1.165, 1.54) is 34.2 Å². The van der Waals surface area contributed by atoms with E-state index in [1.54, 1.807) is 18.2 Å². The lowest BCUT2D eigenvalue weighted by Crippen LogP contribution is -2.14. The first-order valence-corrected chi connectivity index (χ1v) is 13.4. The van der Waals surface area contributed by atoms with E-state index in [2.05, 4.69) is 46.5 Å². The summed E-state index contributed by atoms with van der Waals surface area (Å²) in [6, 6.07) is 11.2. The summed E-state index contributed by atoms with van der Waals surface area (Å²) in [5, 5.41) is 15.4. The number of rotatable bonds is 9. The Balaban J connectivity index is 1.34. The zero-order valence-corrected chi connectivity index (χ0v) is 22.5. The number of amides is 1. The van der Waals surface area contributed by atoms with Crippen LogP contribution in [0.25, 0.3) is 11.3 Å². The van der Waals surface area contributed by atoms with Crippen molar-refractivity contribution in [2.75, 3.05) is 11.1 Å². The van der Waals surface area contributed by atoms with Crippen LogP contribution < -0.4 is 10.1 Å². The number of nitrogens with one attached hydrogen (secondary N) is 1. The highest BCUT2D eigenvalue weighted by atomic mass is 35.5. The zero-order chi connectivity index (χ0) is 24.9. The molecule has 0 radical (unpaired) electrons. The Morgan fingerprint density at radius 1 is 1.14 bits per heavy atom. The summed E-state index contributed by atoms with van der Waals surface area (Å²) >= 11 is 14.9. The van der Waals surface area contributed by atoms with E-state index in [9.17, 15) is 4.79 Å². The molecule has 0 aliphatic heterocycles. The van der Waals surface area contributed by atoms with Gasteiger partial charge in [0.1, 0.15) is 12.4 Å². The number of halogens is 2. The van der Waals surface area contributed by atoms with Gasteiger partial charge in [-0.2, -0.15) is 0 Å². The summed E-state index contributed by atoms with van der Waals surface area (Å²) < 4.78 is 7.68. The van der Waals surface area contributed by atoms with Crippen LogP contribution in [0.4, 0.5) is 5.13 Å². The minimum Gasteiger partial charge on any atom is -0.484 e. The molecule has 0 aliphatic rings. The first-order chi connectivity index (χ1) is 16.8. The number of carbonyl (C=O) groups is 1. The highest BCUT2D eigenvalue weighted by Crippen LogP contribution is 2.29. The first kappa shape index (κ1) is 25.5. The predicted octanol–water partition coefficient (Wildman–Crippen LogP) is 6.65. The van der Waals surface area contributed by atoms with Gasteiger partial charge >= 0.3 is 0 Å². The smallest absolute Gasteiger partial charge is 0.236 e. The van der Waals surface area contributed by atoms with Gasteiger partial charge in [-0.1, -0.05) is 47.1 Å². The van der Waals surface area contributed by atoms with Crippen molar-refractivity contribution in [2.24, 2.45) is 0 Å². The van der Waals surface area contributed by atoms with Gasteiger partial charge < -0.3 is 14.6 Å². The van der Waals surface area contributed by atoms with E-state index in [-0.39, 0.29) is 18.3 Å². The lowest BCUT2D eigenvalue weighted by molar-refractivity contribution is -0.113. The number of ether oxygens (including phenoxy) is 1. The summed E-state index contributed by atoms with van der Waals surface area (Å²) in [6.45, 7) is 6.93. The van der Waals surface area contributed by atoms with Crippen molar-refractivity contribution in [1.82, 2.24) is 19.7 Å². The van der Waals surface area contributed by atoms with Crippen LogP contribution in [0.3, 0.4) is 0 Å². The van der Waals surface area contributed by atoms with Crippen LogP contribution in [0.5, 0.6) is 5.75 Å². The summed E-state index contributed by atoms with van der Waals surface area (Å²) in [4.78, 5) is 17.1. The fraction of sp³-hybridized carbons (Fsp3) is 0.250. The number of aromatic nitrogens is 4. The number of hydrogen-bond acceptors (Lipinski definition) is 7. The topological polar surface area (TPSA) is 81.9 Å². The van der Waals surface area contributed by atoms with E-state index in [1.807, 2.05) is 22.9 Å². The second-order valence-corrected chi connectivity index (χ2v) is 10.3. The number of carbonyl (C=O) groups excluding carboxylic acids is 1. The molecule has 0 fully saturated rings. The van der Waals surface area contributed by atoms with E-state index >= 15 is 0 Å². The molecule has 4 aromatic rings. The molecule has 1 amide bonds. The zero-order valence-electron chi connectivity index (χ0n) is 19.3. The molecule has 1 N–H and O–H groups in total. The standard InChI is InChI=1S/C24H23Cl2N5O2S2/c1-4-31-21(11-33-20-10-17(25)7-8-18(20)26)29-30-24(31)35-13-22(32)28-23-27-19(12-34-23)16-6-5-14(2)15(3)9-16/h5-10,12H,4,11,13H2,1-3H3,(H,27,28,32). The number of benzene rings is 2. The molecule has 2 heterocycles. The number of thiazole rings is 1. The predicted molar refractivity (Wildman–Crippen MR) is 143 cm³/mol. The van der Waals surface area contributed by atoms with Crippen molar-refractivity contribution in [2.45, 2.75) is 39.1 Å². The third-order valence-corrected chi connectivity index (χ3v) is 7.52. The van der Waals surface area contributed by atoms with Gasteiger partial charge in [0.25, 0.3) is 0 Å². The van der Waals surface area contributed by atoms with Crippen LogP contribution in [0.1, 0.15) is 23.9 Å². The molecule has 182 valence electrons. The van der Waals surface area contributed by atoms with Crippen LogP contribution in [-0.2, 0) is 17.9 Å². The van der Waals surface area contributed by atoms with Gasteiger partial charge in [-0.05, 0) is 50.1 Å². The Bertz CT molecular complexity index is 1360. The van der Waals surface area contributed by atoms with Crippen molar-refractivity contribution in [3.8, 4) is 17.0 Å². The number of anilines is 1. The van der Waals surface area contributed by atoms with E-state index in [0.717, 1.165) is 11.3 Å². The molecule has 0 bridgehead atoms. The second kappa shape index (κ2) is 11.4. The Hall–Kier alpha value is -2.59. The fourth-order valence-corrected chi connectivity index (χ4v) is 5.12. The maximum absolute atomic E-state index is 12.5. The number of aryl methyl sites for hydroxylation is 2. The molecule has 2 aromatic heterocycles. The minimum atomic E-state index is -0.162. The maximum atomic E-state index is 12.5. The van der Waals surface area contributed by atoms with Crippen molar-refractivity contribution in [3.05, 3.63) is 68.8 Å². The van der Waals surface area contributed by atoms with Gasteiger partial charge in [0.2, 0.25) is 5.91 Å². The Labute approximate surface area is 221 Å².